The molecular weight excluding hydrogens is 2070 g/mol. The summed E-state index contributed by atoms with van der Waals surface area (Å²) in [5.74, 6) is -0.303. The fourth-order valence-corrected chi connectivity index (χ4v) is 11.5. The van der Waals surface area contributed by atoms with Gasteiger partial charge in [-0.1, -0.05) is 121 Å². The van der Waals surface area contributed by atoms with E-state index in [-0.39, 0.29) is 127 Å². The Morgan fingerprint density at radius 3 is 1.46 bits per heavy atom. The number of allylic oxidation sites excluding steroid dienone is 2. The molecule has 14 amide bonds. The van der Waals surface area contributed by atoms with E-state index in [0.717, 1.165) is 128 Å². The monoisotopic (exact) mass is 2220 g/mol. The van der Waals surface area contributed by atoms with Crippen molar-refractivity contribution < 1.29 is 208 Å². The van der Waals surface area contributed by atoms with Crippen molar-refractivity contribution in [1.82, 2.24) is 119 Å². The number of hydroxylamine groups is 19. The number of halogens is 2. The maximum Gasteiger partial charge on any atom is 1.00 e. The van der Waals surface area contributed by atoms with Crippen molar-refractivity contribution in [2.24, 2.45) is 0 Å². The molecule has 62 heteroatoms. The molecule has 834 valence electrons. The number of anilines is 3. The first-order valence-corrected chi connectivity index (χ1v) is 47.8. The van der Waals surface area contributed by atoms with E-state index in [1.165, 1.54) is 82.7 Å². The third-order valence-corrected chi connectivity index (χ3v) is 20.8. The summed E-state index contributed by atoms with van der Waals surface area (Å²) < 4.78 is 14.2. The van der Waals surface area contributed by atoms with Crippen LogP contribution in [0.15, 0.2) is 139 Å². The quantitative estimate of drug-likeness (QED) is 0.00664. The molecule has 5 aromatic rings. The number of benzene rings is 3. The molecule has 2 aliphatic heterocycles. The number of hydrogen-bond donors (Lipinski definition) is 21. The summed E-state index contributed by atoms with van der Waals surface area (Å²) in [6, 6.07) is 23.7. The van der Waals surface area contributed by atoms with E-state index in [1.807, 2.05) is 32.1 Å². The fourth-order valence-electron chi connectivity index (χ4n) is 10.4. The molecule has 0 bridgehead atoms. The Morgan fingerprint density at radius 2 is 1.05 bits per heavy atom. The smallest absolute Gasteiger partial charge is 0.691 e. The zero-order chi connectivity index (χ0) is 112. The van der Waals surface area contributed by atoms with Crippen molar-refractivity contribution in [2.45, 2.75) is 149 Å². The average molecular weight is 2220 g/mol. The minimum Gasteiger partial charge on any atom is -0.691 e. The maximum absolute atomic E-state index is 11.7. The third kappa shape index (κ3) is 74.9. The molecule has 56 nitrogen and oxygen atoms in total. The van der Waals surface area contributed by atoms with Crippen LogP contribution < -0.4 is 138 Å². The maximum atomic E-state index is 11.7. The number of carbonyl (C=O) groups is 10. The number of hydrogen-bond acceptors (Lipinski definition) is 42. The second kappa shape index (κ2) is 89.0. The summed E-state index contributed by atoms with van der Waals surface area (Å²) >= 11 is 13.3. The topological polar surface area (TPSA) is 707 Å². The normalized spacial score (nSPS) is 12.3. The molecule has 1 aliphatic carbocycles. The van der Waals surface area contributed by atoms with Gasteiger partial charge in [-0.3, -0.25) is 118 Å². The van der Waals surface area contributed by atoms with Gasteiger partial charge in [-0.25, -0.2) is 111 Å². The van der Waals surface area contributed by atoms with Crippen LogP contribution in [0.3, 0.4) is 0 Å². The number of carboxylic acid groups (broad SMARTS) is 2. The van der Waals surface area contributed by atoms with Crippen LogP contribution in [0, 0.1) is 0 Å². The van der Waals surface area contributed by atoms with Crippen molar-refractivity contribution in [1.29, 1.82) is 0 Å². The van der Waals surface area contributed by atoms with Crippen LogP contribution in [0.2, 0.25) is 5.02 Å². The van der Waals surface area contributed by atoms with E-state index in [2.05, 4.69) is 147 Å². The minimum atomic E-state index is -0.899. The van der Waals surface area contributed by atoms with Crippen LogP contribution in [0.25, 0.3) is 0 Å². The minimum absolute atomic E-state index is 0. The summed E-state index contributed by atoms with van der Waals surface area (Å²) in [7, 11) is 13.4. The second-order valence-electron chi connectivity index (χ2n) is 31.5. The van der Waals surface area contributed by atoms with Gasteiger partial charge in [0.15, 0.2) is 0 Å². The molecule has 0 radical (unpaired) electrons. The van der Waals surface area contributed by atoms with Crippen molar-refractivity contribution in [3.8, 4) is 5.75 Å². The molecule has 2 fully saturated rings. The standard InChI is InChI=1S/C21H37N3O3.C14H15Cl2N3O2.C8H15NO5.C8H9NO2.C6H15N3O8S2.C6H11N3O3.C6H13N3O2.C6H8N2O.C5H7N3O.C4H11NO.C3H9N3O2.2Na/c1-8-20(3,4)16-11-12-18(17(15-16)21(5,6)9-2)27-14-10-13-22-23-19(25)24(7)26;1-18(21)14(20)17-19(12-6-2-10(15)3-7-12)13-8-4-11(16)5-9-13;10-7(11)3-1-5-9(14)6-2-4-8(12)13;1-11-9-8(10)7-5-3-2-4-6-7;1-8(11)6(10)7-9(2-4-18-16-14-12)3-5-19-17-15-13;1-8(12)6(11)7-9-4-2-3-5(9)10;1-8(11)6(10)7-9-4-2-3-5-9;1-8(9)6-2-4-7-5-3-6;1-8(9)5-6-3-2-4-7-5;1-3-5(6)4-2;1-4-5-3(7)6(2)8;;/h11-12,15,22,26H,8-10,13-14H2,1-7H3,(H,23,25);2-8,13,21H,9H2,1H3,(H,17,20);14H,1-6H2,(H,10,11)(H,12,13);2-6H,1H3,(H,9,10);11-13H,2-5H2,1H3,(H,7,10);12H,2-4H2,1H3,(H,7,11);11H,2-5H2,1H3,(H,7,10);2-5,9H,1H3;2-4,9H,1H3;6H,3-4H2,1-2H3;4,8H,1-2H3,(H,5,7);;/q;;;;;;;;;;;2*+1/p-2. The molecule has 149 heavy (non-hydrogen) atoms. The molecule has 21 N–H and O–H groups in total. The first-order valence-electron chi connectivity index (χ1n) is 45.2. The average Bonchev–Trinajstić information content (AvgIpc) is 1.70. The van der Waals surface area contributed by atoms with Crippen LogP contribution in [0.4, 0.5) is 46.1 Å². The van der Waals surface area contributed by atoms with E-state index in [4.69, 9.17) is 85.0 Å². The molecule has 8 rings (SSSR count). The molecule has 0 spiro atoms. The van der Waals surface area contributed by atoms with Crippen LogP contribution in [0.5, 0.6) is 5.75 Å². The third-order valence-electron chi connectivity index (χ3n) is 19.2. The molecule has 1 unspecified atom stereocenters. The molecule has 0 saturated carbocycles. The van der Waals surface area contributed by atoms with E-state index < -0.39 is 48.1 Å². The molecular formula is C87H148Cl2N26Na2O30S2. The Morgan fingerprint density at radius 1 is 0.557 bits per heavy atom. The van der Waals surface area contributed by atoms with E-state index in [9.17, 15) is 63.7 Å². The van der Waals surface area contributed by atoms with Gasteiger partial charge in [-0.05, 0) is 141 Å². The summed E-state index contributed by atoms with van der Waals surface area (Å²) in [5.41, 5.74) is 26.5. The fraction of sp³-hybridized carbons (Fsp3) is 0.529. The van der Waals surface area contributed by atoms with Crippen molar-refractivity contribution >= 4 is 125 Å². The Balaban J connectivity index is -0.000000522. The number of rotatable bonds is 41. The van der Waals surface area contributed by atoms with Crippen LogP contribution >= 0.6 is 47.3 Å². The number of carboxylic acids is 2. The zero-order valence-corrected chi connectivity index (χ0v) is 95.0. The molecule has 2 aromatic heterocycles. The summed E-state index contributed by atoms with van der Waals surface area (Å²) in [5, 5.41) is 144. The molecule has 4 heterocycles. The van der Waals surface area contributed by atoms with Crippen molar-refractivity contribution in [3.05, 3.63) is 161 Å². The van der Waals surface area contributed by atoms with Gasteiger partial charge in [-0.2, -0.15) is 18.8 Å². The number of hydrazine groups is 6. The number of pyridine rings is 1. The summed E-state index contributed by atoms with van der Waals surface area (Å²) in [6.07, 6.45) is 19.5. The summed E-state index contributed by atoms with van der Waals surface area (Å²) in [4.78, 5) is 124. The predicted molar refractivity (Wildman–Crippen MR) is 536 cm³/mol. The zero-order valence-electron chi connectivity index (χ0n) is 87.8. The van der Waals surface area contributed by atoms with Crippen molar-refractivity contribution in [3.63, 3.8) is 0 Å². The van der Waals surface area contributed by atoms with E-state index in [1.54, 1.807) is 115 Å². The number of ether oxygens (including phenoxy) is 1. The van der Waals surface area contributed by atoms with Gasteiger partial charge in [0.2, 0.25) is 11.9 Å². The number of carbonyl (C=O) groups excluding carboxylic acids is 8. The van der Waals surface area contributed by atoms with Gasteiger partial charge < -0.3 is 35.9 Å². The Kier molecular flexibility index (Phi) is 88.3. The van der Waals surface area contributed by atoms with Crippen LogP contribution in [-0.4, -0.2) is 353 Å². The SMILES string of the molecule is CCC(C)(C)c1ccc(OCCCNNC(=O)N(C)O)c(C(C)(C)CC)c1.CCN(O)CC.CN(O)C(=O)NN(CCSOO[O-])CCSOO[O-].CN(O)C(=O)NN(c1ccc(Cl)cc1)C1C=CC(Cl)=CC1.CN(O)C(=O)NN1CCCC1.CN(O)C(=O)NN1CCCC1=O.CN(O)c1ccncc1.CN(O)c1ncccn1.CNNC(=O)N(C)O.CONC(=O)c1ccccc1.O=C(O)CCCN(O)CCCC(=O)O.[Na+].[Na+]. The van der Waals surface area contributed by atoms with E-state index in [0.29, 0.717) is 109 Å². The molecule has 3 aromatic carbocycles. The predicted octanol–water partition coefficient (Wildman–Crippen LogP) is 1.94. The van der Waals surface area contributed by atoms with Crippen LogP contribution in [-0.2, 0) is 48.8 Å². The molecule has 3 aliphatic rings. The number of nitrogens with zero attached hydrogens (tertiary/aromatic N) is 17. The number of aromatic nitrogens is 3. The Bertz CT molecular complexity index is 4400. The van der Waals surface area contributed by atoms with Gasteiger partial charge in [0.25, 0.3) is 5.91 Å². The number of nitrogens with one attached hydrogen (secondary N) is 9. The van der Waals surface area contributed by atoms with Gasteiger partial charge in [0.05, 0.1) is 31.1 Å². The Labute approximate surface area is 930 Å². The number of amides is 14. The van der Waals surface area contributed by atoms with Crippen LogP contribution in [0.1, 0.15) is 154 Å². The first-order chi connectivity index (χ1) is 69.4. The van der Waals surface area contributed by atoms with E-state index >= 15 is 0 Å². The molecule has 2 saturated heterocycles. The van der Waals surface area contributed by atoms with Gasteiger partial charge in [0, 0.05) is 230 Å². The van der Waals surface area contributed by atoms with Gasteiger partial charge >= 0.3 is 107 Å². The number of aliphatic carboxylic acids is 2. The number of urea groups is 6. The van der Waals surface area contributed by atoms with Gasteiger partial charge in [-0.15, -0.1) is 0 Å². The van der Waals surface area contributed by atoms with Crippen molar-refractivity contribution in [2.75, 3.05) is 169 Å². The first kappa shape index (κ1) is 148. The summed E-state index contributed by atoms with van der Waals surface area (Å²) in [6.45, 7) is 23.1. The largest absolute Gasteiger partial charge is 1.00 e. The second-order valence-corrected chi connectivity index (χ2v) is 33.9. The Hall–Kier alpha value is -9.57. The molecule has 1 atom stereocenters. The van der Waals surface area contributed by atoms with Gasteiger partial charge in [0.1, 0.15) is 5.75 Å².